The van der Waals surface area contributed by atoms with Gasteiger partial charge in [0, 0.05) is 12.1 Å². The van der Waals surface area contributed by atoms with Crippen LogP contribution in [0.15, 0.2) is 12.1 Å². The Morgan fingerprint density at radius 3 is 2.29 bits per heavy atom. The molecule has 1 saturated heterocycles. The Morgan fingerprint density at radius 1 is 1.14 bits per heavy atom. The minimum atomic E-state index is -0.512. The largest absolute Gasteiger partial charge is 0.496 e. The quantitative estimate of drug-likeness (QED) is 0.727. The van der Waals surface area contributed by atoms with Crippen LogP contribution in [0.2, 0.25) is 0 Å². The van der Waals surface area contributed by atoms with Crippen LogP contribution >= 0.6 is 0 Å². The molecule has 0 spiro atoms. The smallest absolute Gasteiger partial charge is 0.494 e. The first-order valence-corrected chi connectivity index (χ1v) is 9.86. The molecule has 1 fully saturated rings. The molecule has 0 aromatic heterocycles. The zero-order chi connectivity index (χ0) is 20.9. The molecule has 3 rings (SSSR count). The number of hydrogen-bond donors (Lipinski definition) is 0. The minimum absolute atomic E-state index is 0.296. The van der Waals surface area contributed by atoms with Gasteiger partial charge in [-0.1, -0.05) is 6.07 Å². The number of hydrogen-bond acceptors (Lipinski definition) is 5. The van der Waals surface area contributed by atoms with Gasteiger partial charge in [0.05, 0.1) is 24.9 Å². The van der Waals surface area contributed by atoms with Crippen molar-refractivity contribution in [3.8, 4) is 5.75 Å². The topological polar surface area (TPSA) is 57.2 Å². The Bertz CT molecular complexity index is 736. The number of ether oxygens (including phenoxy) is 2. The second kappa shape index (κ2) is 6.96. The summed E-state index contributed by atoms with van der Waals surface area (Å²) in [6.45, 7) is 14.9. The van der Waals surface area contributed by atoms with Crippen LogP contribution in [0.5, 0.6) is 5.75 Å². The van der Waals surface area contributed by atoms with Gasteiger partial charge in [-0.05, 0) is 72.0 Å². The summed E-state index contributed by atoms with van der Waals surface area (Å²) in [5.41, 5.74) is 1.81. The maximum Gasteiger partial charge on any atom is 0.494 e. The highest BCUT2D eigenvalue weighted by atomic mass is 16.7. The standard InChI is InChI=1S/C21H32BNO5/c1-19(2,3)26-18(24)23-10-9-14-11-15(12-17(25-8)16(14)13-23)22-27-20(4,5)21(6,7)28-22/h11-12H,9-10,13H2,1-8H3. The normalized spacial score (nSPS) is 20.7. The van der Waals surface area contributed by atoms with E-state index in [9.17, 15) is 4.79 Å². The average Bonchev–Trinajstić information content (AvgIpc) is 2.79. The number of methoxy groups -OCH3 is 1. The fourth-order valence-electron chi connectivity index (χ4n) is 3.43. The van der Waals surface area contributed by atoms with E-state index >= 15 is 0 Å². The van der Waals surface area contributed by atoms with Gasteiger partial charge >= 0.3 is 13.2 Å². The lowest BCUT2D eigenvalue weighted by Crippen LogP contribution is -2.41. The zero-order valence-corrected chi connectivity index (χ0v) is 18.3. The number of benzene rings is 1. The molecule has 0 saturated carbocycles. The third kappa shape index (κ3) is 4.01. The summed E-state index contributed by atoms with van der Waals surface area (Å²) in [4.78, 5) is 14.2. The van der Waals surface area contributed by atoms with Crippen LogP contribution in [-0.4, -0.2) is 48.6 Å². The predicted molar refractivity (Wildman–Crippen MR) is 109 cm³/mol. The predicted octanol–water partition coefficient (Wildman–Crippen LogP) is 3.29. The van der Waals surface area contributed by atoms with Crippen molar-refractivity contribution in [2.75, 3.05) is 13.7 Å². The number of rotatable bonds is 2. The third-order valence-corrected chi connectivity index (χ3v) is 5.72. The molecule has 0 radical (unpaired) electrons. The number of fused-ring (bicyclic) bond motifs is 1. The summed E-state index contributed by atoms with van der Waals surface area (Å²) in [7, 11) is 1.21. The third-order valence-electron chi connectivity index (χ3n) is 5.72. The molecule has 2 aliphatic heterocycles. The summed E-state index contributed by atoms with van der Waals surface area (Å²) >= 11 is 0. The average molecular weight is 389 g/mol. The highest BCUT2D eigenvalue weighted by Gasteiger charge is 2.52. The summed E-state index contributed by atoms with van der Waals surface area (Å²) in [5, 5.41) is 0. The SMILES string of the molecule is COc1cc(B2OC(C)(C)C(C)(C)O2)cc2c1CN(C(=O)OC(C)(C)C)CC2. The van der Waals surface area contributed by atoms with Crippen LogP contribution in [0.25, 0.3) is 0 Å². The Hall–Kier alpha value is -1.73. The van der Waals surface area contributed by atoms with E-state index in [-0.39, 0.29) is 6.09 Å². The Morgan fingerprint density at radius 2 is 1.75 bits per heavy atom. The molecule has 0 unspecified atom stereocenters. The van der Waals surface area contributed by atoms with Crippen molar-refractivity contribution in [2.24, 2.45) is 0 Å². The van der Waals surface area contributed by atoms with Crippen LogP contribution in [0, 0.1) is 0 Å². The van der Waals surface area contributed by atoms with Crippen LogP contribution in [0.1, 0.15) is 59.6 Å². The van der Waals surface area contributed by atoms with E-state index < -0.39 is 23.9 Å². The van der Waals surface area contributed by atoms with Crippen LogP contribution < -0.4 is 10.2 Å². The fourth-order valence-corrected chi connectivity index (χ4v) is 3.43. The zero-order valence-electron chi connectivity index (χ0n) is 18.3. The van der Waals surface area contributed by atoms with Crippen molar-refractivity contribution in [3.63, 3.8) is 0 Å². The lowest BCUT2D eigenvalue weighted by molar-refractivity contribution is 0.00578. The molecule has 0 bridgehead atoms. The molecule has 0 N–H and O–H groups in total. The van der Waals surface area contributed by atoms with E-state index in [1.165, 1.54) is 0 Å². The molecule has 2 heterocycles. The number of nitrogens with zero attached hydrogens (tertiary/aromatic N) is 1. The molecule has 1 amide bonds. The maximum atomic E-state index is 12.5. The van der Waals surface area contributed by atoms with Gasteiger partial charge in [0.2, 0.25) is 0 Å². The number of amides is 1. The van der Waals surface area contributed by atoms with E-state index in [2.05, 4.69) is 6.07 Å². The van der Waals surface area contributed by atoms with Crippen molar-refractivity contribution < 1.29 is 23.6 Å². The van der Waals surface area contributed by atoms with Crippen molar-refractivity contribution in [1.29, 1.82) is 0 Å². The van der Waals surface area contributed by atoms with E-state index in [1.807, 2.05) is 54.5 Å². The molecule has 0 aliphatic carbocycles. The van der Waals surface area contributed by atoms with Crippen molar-refractivity contribution in [2.45, 2.75) is 78.2 Å². The van der Waals surface area contributed by atoms with Gasteiger partial charge in [-0.15, -0.1) is 0 Å². The summed E-state index contributed by atoms with van der Waals surface area (Å²) in [6, 6.07) is 4.08. The fraction of sp³-hybridized carbons (Fsp3) is 0.667. The number of carbonyl (C=O) groups excluding carboxylic acids is 1. The van der Waals surface area contributed by atoms with Crippen molar-refractivity contribution >= 4 is 18.7 Å². The maximum absolute atomic E-state index is 12.5. The van der Waals surface area contributed by atoms with Crippen LogP contribution in [0.3, 0.4) is 0 Å². The molecule has 28 heavy (non-hydrogen) atoms. The lowest BCUT2D eigenvalue weighted by atomic mass is 9.76. The second-order valence-electron chi connectivity index (χ2n) is 9.60. The first-order chi connectivity index (χ1) is 12.8. The van der Waals surface area contributed by atoms with Gasteiger partial charge in [0.15, 0.2) is 0 Å². The van der Waals surface area contributed by atoms with Gasteiger partial charge in [-0.3, -0.25) is 0 Å². The Labute approximate surface area is 168 Å². The number of carbonyl (C=O) groups is 1. The van der Waals surface area contributed by atoms with Crippen LogP contribution in [0.4, 0.5) is 4.79 Å². The minimum Gasteiger partial charge on any atom is -0.496 e. The highest BCUT2D eigenvalue weighted by Crippen LogP contribution is 2.37. The lowest BCUT2D eigenvalue weighted by Gasteiger charge is -2.32. The van der Waals surface area contributed by atoms with Crippen LogP contribution in [-0.2, 0) is 27.0 Å². The molecule has 1 aromatic carbocycles. The van der Waals surface area contributed by atoms with E-state index in [0.29, 0.717) is 13.1 Å². The Balaban J connectivity index is 1.85. The van der Waals surface area contributed by atoms with E-state index in [1.54, 1.807) is 12.0 Å². The Kier molecular flexibility index (Phi) is 5.22. The van der Waals surface area contributed by atoms with Gasteiger partial charge in [-0.25, -0.2) is 4.79 Å². The van der Waals surface area contributed by atoms with Gasteiger partial charge in [-0.2, -0.15) is 0 Å². The molecule has 0 atom stereocenters. The van der Waals surface area contributed by atoms with Crippen molar-refractivity contribution in [1.82, 2.24) is 4.90 Å². The van der Waals surface area contributed by atoms with Gasteiger partial charge in [0.1, 0.15) is 11.4 Å². The molecule has 6 nitrogen and oxygen atoms in total. The molecule has 2 aliphatic rings. The summed E-state index contributed by atoms with van der Waals surface area (Å²) in [6.07, 6.45) is 0.438. The van der Waals surface area contributed by atoms with E-state index in [0.717, 1.165) is 28.8 Å². The van der Waals surface area contributed by atoms with E-state index in [4.69, 9.17) is 18.8 Å². The monoisotopic (exact) mass is 389 g/mol. The first-order valence-electron chi connectivity index (χ1n) is 9.86. The summed E-state index contributed by atoms with van der Waals surface area (Å²) < 4.78 is 23.6. The van der Waals surface area contributed by atoms with Gasteiger partial charge in [0.25, 0.3) is 0 Å². The summed E-state index contributed by atoms with van der Waals surface area (Å²) in [5.74, 6) is 0.746. The highest BCUT2D eigenvalue weighted by molar-refractivity contribution is 6.62. The molecule has 154 valence electrons. The molecule has 7 heteroatoms. The molecule has 1 aromatic rings. The second-order valence-corrected chi connectivity index (χ2v) is 9.60. The van der Waals surface area contributed by atoms with Crippen molar-refractivity contribution in [3.05, 3.63) is 23.3 Å². The molecular weight excluding hydrogens is 357 g/mol. The molecular formula is C21H32BNO5. The van der Waals surface area contributed by atoms with Gasteiger partial charge < -0.3 is 23.7 Å². The first kappa shape index (κ1) is 21.0.